The molecule has 2 aromatic rings. The molecular formula is C18H23N3O2. The highest BCUT2D eigenvalue weighted by molar-refractivity contribution is 5.91. The lowest BCUT2D eigenvalue weighted by atomic mass is 10.1. The number of rotatable bonds is 5. The molecule has 2 amide bonds. The fourth-order valence-electron chi connectivity index (χ4n) is 2.54. The molecule has 2 rings (SSSR count). The van der Waals surface area contributed by atoms with Gasteiger partial charge in [0, 0.05) is 24.0 Å². The number of benzene rings is 1. The van der Waals surface area contributed by atoms with Gasteiger partial charge < -0.3 is 15.4 Å². The van der Waals surface area contributed by atoms with Gasteiger partial charge in [0.05, 0.1) is 6.61 Å². The van der Waals surface area contributed by atoms with Crippen LogP contribution in [0.2, 0.25) is 0 Å². The second-order valence-corrected chi connectivity index (χ2v) is 5.48. The van der Waals surface area contributed by atoms with E-state index in [1.54, 1.807) is 6.20 Å². The molecule has 0 bridgehead atoms. The van der Waals surface area contributed by atoms with Crippen LogP contribution in [0.15, 0.2) is 30.5 Å². The second-order valence-electron chi connectivity index (χ2n) is 5.48. The van der Waals surface area contributed by atoms with Crippen molar-refractivity contribution in [2.24, 2.45) is 0 Å². The smallest absolute Gasteiger partial charge is 0.319 e. The van der Waals surface area contributed by atoms with Crippen LogP contribution >= 0.6 is 0 Å². The lowest BCUT2D eigenvalue weighted by Gasteiger charge is -2.14. The van der Waals surface area contributed by atoms with Gasteiger partial charge in [-0.05, 0) is 44.9 Å². The number of anilines is 1. The number of urea groups is 1. The molecule has 23 heavy (non-hydrogen) atoms. The van der Waals surface area contributed by atoms with Crippen LogP contribution < -0.4 is 15.4 Å². The Bertz CT molecular complexity index is 675. The van der Waals surface area contributed by atoms with Gasteiger partial charge in [-0.1, -0.05) is 23.8 Å². The van der Waals surface area contributed by atoms with Crippen LogP contribution in [0.25, 0.3) is 0 Å². The molecule has 0 radical (unpaired) electrons. The van der Waals surface area contributed by atoms with Crippen molar-refractivity contribution in [1.82, 2.24) is 10.3 Å². The molecule has 0 saturated heterocycles. The lowest BCUT2D eigenvalue weighted by Crippen LogP contribution is -2.29. The van der Waals surface area contributed by atoms with Crippen molar-refractivity contribution in [2.45, 2.75) is 34.2 Å². The summed E-state index contributed by atoms with van der Waals surface area (Å²) in [4.78, 5) is 16.3. The highest BCUT2D eigenvalue weighted by atomic mass is 16.5. The third-order valence-electron chi connectivity index (χ3n) is 3.49. The first-order valence-electron chi connectivity index (χ1n) is 7.70. The van der Waals surface area contributed by atoms with Gasteiger partial charge in [-0.2, -0.15) is 0 Å². The van der Waals surface area contributed by atoms with Crippen molar-refractivity contribution in [2.75, 3.05) is 11.9 Å². The van der Waals surface area contributed by atoms with Crippen molar-refractivity contribution < 1.29 is 9.53 Å². The average Bonchev–Trinajstić information content (AvgIpc) is 2.50. The summed E-state index contributed by atoms with van der Waals surface area (Å²) in [5.41, 5.74) is 4.98. The summed E-state index contributed by atoms with van der Waals surface area (Å²) in [6.07, 6.45) is 1.67. The van der Waals surface area contributed by atoms with Crippen molar-refractivity contribution in [3.63, 3.8) is 0 Å². The molecule has 0 spiro atoms. The Morgan fingerprint density at radius 1 is 1.22 bits per heavy atom. The number of nitrogens with one attached hydrogen (secondary N) is 2. The number of hydrogen-bond donors (Lipinski definition) is 2. The van der Waals surface area contributed by atoms with Gasteiger partial charge in [-0.25, -0.2) is 9.78 Å². The van der Waals surface area contributed by atoms with E-state index in [2.05, 4.69) is 27.8 Å². The maximum absolute atomic E-state index is 12.2. The van der Waals surface area contributed by atoms with Gasteiger partial charge in [0.15, 0.2) is 0 Å². The van der Waals surface area contributed by atoms with Gasteiger partial charge in [-0.3, -0.25) is 0 Å². The number of amides is 2. The summed E-state index contributed by atoms with van der Waals surface area (Å²) in [6, 6.07) is 7.58. The van der Waals surface area contributed by atoms with E-state index >= 15 is 0 Å². The maximum Gasteiger partial charge on any atom is 0.319 e. The quantitative estimate of drug-likeness (QED) is 0.884. The predicted molar refractivity (Wildman–Crippen MR) is 91.9 cm³/mol. The SMILES string of the molecule is CCOc1ncccc1CNC(=O)Nc1c(C)cc(C)cc1C. The van der Waals surface area contributed by atoms with Crippen LogP contribution in [0.5, 0.6) is 5.88 Å². The zero-order valence-corrected chi connectivity index (χ0v) is 14.1. The van der Waals surface area contributed by atoms with E-state index in [1.165, 1.54) is 5.56 Å². The minimum absolute atomic E-state index is 0.244. The summed E-state index contributed by atoms with van der Waals surface area (Å²) >= 11 is 0. The highest BCUT2D eigenvalue weighted by Gasteiger charge is 2.10. The lowest BCUT2D eigenvalue weighted by molar-refractivity contribution is 0.251. The Hall–Kier alpha value is -2.56. The number of carbonyl (C=O) groups excluding carboxylic acids is 1. The highest BCUT2D eigenvalue weighted by Crippen LogP contribution is 2.21. The Balaban J connectivity index is 2.01. The standard InChI is InChI=1S/C18H23N3O2/c1-5-23-17-15(7-6-8-19-17)11-20-18(22)21-16-13(3)9-12(2)10-14(16)4/h6-10H,5,11H2,1-4H3,(H2,20,21,22). The van der Waals surface area contributed by atoms with Gasteiger partial charge in [0.1, 0.15) is 0 Å². The summed E-state index contributed by atoms with van der Waals surface area (Å²) in [5, 5.41) is 5.76. The average molecular weight is 313 g/mol. The van der Waals surface area contributed by atoms with E-state index in [4.69, 9.17) is 4.74 Å². The summed E-state index contributed by atoms with van der Waals surface area (Å²) in [5.74, 6) is 0.554. The van der Waals surface area contributed by atoms with Gasteiger partial charge in [-0.15, -0.1) is 0 Å². The molecule has 0 unspecified atom stereocenters. The Morgan fingerprint density at radius 2 is 1.91 bits per heavy atom. The van der Waals surface area contributed by atoms with Gasteiger partial charge in [0.2, 0.25) is 5.88 Å². The molecule has 5 heteroatoms. The fraction of sp³-hybridized carbons (Fsp3) is 0.333. The molecule has 1 heterocycles. The van der Waals surface area contributed by atoms with Gasteiger partial charge in [0.25, 0.3) is 0 Å². The van der Waals surface area contributed by atoms with E-state index < -0.39 is 0 Å². The van der Waals surface area contributed by atoms with E-state index in [0.29, 0.717) is 19.0 Å². The van der Waals surface area contributed by atoms with Crippen LogP contribution in [0, 0.1) is 20.8 Å². The first-order valence-corrected chi connectivity index (χ1v) is 7.70. The second kappa shape index (κ2) is 7.63. The van der Waals surface area contributed by atoms with Crippen LogP contribution in [0.1, 0.15) is 29.2 Å². The van der Waals surface area contributed by atoms with Crippen molar-refractivity contribution in [1.29, 1.82) is 0 Å². The van der Waals surface area contributed by atoms with Crippen LogP contribution in [0.4, 0.5) is 10.5 Å². The Morgan fingerprint density at radius 3 is 2.57 bits per heavy atom. The predicted octanol–water partition coefficient (Wildman–Crippen LogP) is 3.73. The number of carbonyl (C=O) groups is 1. The molecule has 0 atom stereocenters. The Kier molecular flexibility index (Phi) is 5.57. The molecule has 1 aromatic heterocycles. The van der Waals surface area contributed by atoms with E-state index in [9.17, 15) is 4.79 Å². The molecule has 0 aliphatic heterocycles. The van der Waals surface area contributed by atoms with Gasteiger partial charge >= 0.3 is 6.03 Å². The molecule has 2 N–H and O–H groups in total. The van der Waals surface area contributed by atoms with Crippen LogP contribution in [-0.4, -0.2) is 17.6 Å². The summed E-state index contributed by atoms with van der Waals surface area (Å²) in [7, 11) is 0. The molecule has 0 fully saturated rings. The number of ether oxygens (including phenoxy) is 1. The molecule has 0 aliphatic rings. The van der Waals surface area contributed by atoms with E-state index in [1.807, 2.05) is 39.8 Å². The monoisotopic (exact) mass is 313 g/mol. The number of nitrogens with zero attached hydrogens (tertiary/aromatic N) is 1. The first-order chi connectivity index (χ1) is 11.0. The minimum Gasteiger partial charge on any atom is -0.478 e. The summed E-state index contributed by atoms with van der Waals surface area (Å²) in [6.45, 7) is 8.83. The number of hydrogen-bond acceptors (Lipinski definition) is 3. The fourth-order valence-corrected chi connectivity index (χ4v) is 2.54. The zero-order valence-electron chi connectivity index (χ0n) is 14.1. The molecule has 0 aliphatic carbocycles. The minimum atomic E-state index is -0.244. The van der Waals surface area contributed by atoms with E-state index in [-0.39, 0.29) is 6.03 Å². The molecular weight excluding hydrogens is 290 g/mol. The molecule has 122 valence electrons. The molecule has 5 nitrogen and oxygen atoms in total. The summed E-state index contributed by atoms with van der Waals surface area (Å²) < 4.78 is 5.46. The van der Waals surface area contributed by atoms with Crippen LogP contribution in [0.3, 0.4) is 0 Å². The van der Waals surface area contributed by atoms with Crippen molar-refractivity contribution in [3.05, 3.63) is 52.7 Å². The molecule has 0 saturated carbocycles. The third kappa shape index (κ3) is 4.45. The first kappa shape index (κ1) is 16.8. The topological polar surface area (TPSA) is 63.2 Å². The van der Waals surface area contributed by atoms with Crippen molar-refractivity contribution in [3.8, 4) is 5.88 Å². The number of aryl methyl sites for hydroxylation is 3. The van der Waals surface area contributed by atoms with Crippen molar-refractivity contribution >= 4 is 11.7 Å². The van der Waals surface area contributed by atoms with E-state index in [0.717, 1.165) is 22.4 Å². The number of aromatic nitrogens is 1. The zero-order chi connectivity index (χ0) is 16.8. The maximum atomic E-state index is 12.2. The number of pyridine rings is 1. The third-order valence-corrected chi connectivity index (χ3v) is 3.49. The normalized spacial score (nSPS) is 10.3. The Labute approximate surface area is 137 Å². The largest absolute Gasteiger partial charge is 0.478 e. The van der Waals surface area contributed by atoms with Crippen LogP contribution in [-0.2, 0) is 6.54 Å². The molecule has 1 aromatic carbocycles.